The maximum absolute atomic E-state index is 12.0. The van der Waals surface area contributed by atoms with Gasteiger partial charge >= 0.3 is 0 Å². The molecule has 0 saturated heterocycles. The lowest BCUT2D eigenvalue weighted by Gasteiger charge is -2.01. The van der Waals surface area contributed by atoms with Gasteiger partial charge in [-0.15, -0.1) is 21.5 Å². The second kappa shape index (κ2) is 6.35. The molecule has 1 amide bonds. The molecular weight excluding hydrogens is 302 g/mol. The molecule has 0 aliphatic heterocycles. The van der Waals surface area contributed by atoms with Crippen molar-refractivity contribution in [3.8, 4) is 0 Å². The Morgan fingerprint density at radius 2 is 2.09 bits per heavy atom. The molecule has 0 unspecified atom stereocenters. The zero-order valence-electron chi connectivity index (χ0n) is 11.7. The molecule has 0 bridgehead atoms. The summed E-state index contributed by atoms with van der Waals surface area (Å²) < 4.78 is 5.19. The van der Waals surface area contributed by atoms with E-state index < -0.39 is 0 Å². The third-order valence-electron chi connectivity index (χ3n) is 2.73. The Balaban J connectivity index is 1.59. The molecule has 2 N–H and O–H groups in total. The first-order valence-electron chi connectivity index (χ1n) is 6.55. The van der Waals surface area contributed by atoms with Crippen molar-refractivity contribution in [3.05, 3.63) is 53.2 Å². The van der Waals surface area contributed by atoms with Gasteiger partial charge in [-0.2, -0.15) is 0 Å². The van der Waals surface area contributed by atoms with Crippen LogP contribution in [0.2, 0.25) is 0 Å². The SMILES string of the molecule is Cc1nnc(CNC(=O)c2csc(Nc3ccccc3)n2)o1. The van der Waals surface area contributed by atoms with Gasteiger partial charge in [-0.05, 0) is 12.1 Å². The van der Waals surface area contributed by atoms with Crippen LogP contribution in [0.3, 0.4) is 0 Å². The summed E-state index contributed by atoms with van der Waals surface area (Å²) in [4.78, 5) is 16.3. The van der Waals surface area contributed by atoms with Crippen molar-refractivity contribution in [2.24, 2.45) is 0 Å². The number of benzene rings is 1. The molecule has 112 valence electrons. The number of para-hydroxylation sites is 1. The molecule has 0 fully saturated rings. The van der Waals surface area contributed by atoms with E-state index in [0.29, 0.717) is 22.6 Å². The van der Waals surface area contributed by atoms with Gasteiger partial charge in [0, 0.05) is 18.0 Å². The van der Waals surface area contributed by atoms with E-state index in [9.17, 15) is 4.79 Å². The maximum atomic E-state index is 12.0. The number of carbonyl (C=O) groups is 1. The molecule has 0 aliphatic rings. The molecule has 0 atom stereocenters. The lowest BCUT2D eigenvalue weighted by molar-refractivity contribution is 0.0943. The molecule has 3 aromatic rings. The minimum Gasteiger partial charge on any atom is -0.424 e. The number of carbonyl (C=O) groups excluding carboxylic acids is 1. The molecule has 0 spiro atoms. The van der Waals surface area contributed by atoms with E-state index in [-0.39, 0.29) is 12.5 Å². The summed E-state index contributed by atoms with van der Waals surface area (Å²) in [6.45, 7) is 1.87. The summed E-state index contributed by atoms with van der Waals surface area (Å²) in [5.74, 6) is 0.546. The number of nitrogens with one attached hydrogen (secondary N) is 2. The Morgan fingerprint density at radius 1 is 1.27 bits per heavy atom. The first kappa shape index (κ1) is 14.2. The second-order valence-corrected chi connectivity index (χ2v) is 5.28. The van der Waals surface area contributed by atoms with Gasteiger partial charge in [0.2, 0.25) is 11.8 Å². The maximum Gasteiger partial charge on any atom is 0.271 e. The highest BCUT2D eigenvalue weighted by Gasteiger charge is 2.12. The number of aromatic nitrogens is 3. The lowest BCUT2D eigenvalue weighted by atomic mass is 10.3. The third-order valence-corrected chi connectivity index (χ3v) is 3.49. The number of nitrogens with zero attached hydrogens (tertiary/aromatic N) is 3. The van der Waals surface area contributed by atoms with Crippen LogP contribution in [0.4, 0.5) is 10.8 Å². The van der Waals surface area contributed by atoms with E-state index in [0.717, 1.165) is 5.69 Å². The summed E-state index contributed by atoms with van der Waals surface area (Å²) in [6.07, 6.45) is 0. The molecule has 22 heavy (non-hydrogen) atoms. The highest BCUT2D eigenvalue weighted by Crippen LogP contribution is 2.20. The Bertz CT molecular complexity index is 768. The highest BCUT2D eigenvalue weighted by molar-refractivity contribution is 7.14. The largest absolute Gasteiger partial charge is 0.424 e. The number of hydrogen-bond donors (Lipinski definition) is 2. The van der Waals surface area contributed by atoms with E-state index in [2.05, 4.69) is 25.8 Å². The van der Waals surface area contributed by atoms with Gasteiger partial charge < -0.3 is 15.1 Å². The monoisotopic (exact) mass is 315 g/mol. The normalized spacial score (nSPS) is 10.4. The standard InChI is InChI=1S/C14H13N5O2S/c1-9-18-19-12(21-9)7-15-13(20)11-8-22-14(17-11)16-10-5-3-2-4-6-10/h2-6,8H,7H2,1H3,(H,15,20)(H,16,17). The second-order valence-electron chi connectivity index (χ2n) is 4.43. The van der Waals surface area contributed by atoms with Gasteiger partial charge in [0.1, 0.15) is 5.69 Å². The quantitative estimate of drug-likeness (QED) is 0.751. The van der Waals surface area contributed by atoms with Crippen molar-refractivity contribution in [2.75, 3.05) is 5.32 Å². The summed E-state index contributed by atoms with van der Waals surface area (Å²) in [6, 6.07) is 9.65. The van der Waals surface area contributed by atoms with Crippen LogP contribution in [-0.2, 0) is 6.54 Å². The molecule has 0 saturated carbocycles. The fourth-order valence-corrected chi connectivity index (χ4v) is 2.45. The third kappa shape index (κ3) is 3.47. The van der Waals surface area contributed by atoms with Crippen LogP contribution in [-0.4, -0.2) is 21.1 Å². The Labute approximate surface area is 130 Å². The van der Waals surface area contributed by atoms with Crippen LogP contribution in [0, 0.1) is 6.92 Å². The fraction of sp³-hybridized carbons (Fsp3) is 0.143. The summed E-state index contributed by atoms with van der Waals surface area (Å²) in [5, 5.41) is 15.7. The predicted molar refractivity (Wildman–Crippen MR) is 82.0 cm³/mol. The van der Waals surface area contributed by atoms with E-state index in [1.165, 1.54) is 11.3 Å². The lowest BCUT2D eigenvalue weighted by Crippen LogP contribution is -2.23. The van der Waals surface area contributed by atoms with Crippen molar-refractivity contribution < 1.29 is 9.21 Å². The minimum atomic E-state index is -0.284. The number of hydrogen-bond acceptors (Lipinski definition) is 7. The van der Waals surface area contributed by atoms with Crippen molar-refractivity contribution in [2.45, 2.75) is 13.5 Å². The summed E-state index contributed by atoms with van der Waals surface area (Å²) >= 11 is 1.36. The number of anilines is 2. The van der Waals surface area contributed by atoms with Crippen LogP contribution < -0.4 is 10.6 Å². The fourth-order valence-electron chi connectivity index (χ4n) is 1.74. The zero-order chi connectivity index (χ0) is 15.4. The Hall–Kier alpha value is -2.74. The van der Waals surface area contributed by atoms with Gasteiger partial charge in [-0.1, -0.05) is 18.2 Å². The average molecular weight is 315 g/mol. The average Bonchev–Trinajstić information content (AvgIpc) is 3.15. The molecule has 1 aromatic carbocycles. The molecule has 2 aromatic heterocycles. The first-order valence-corrected chi connectivity index (χ1v) is 7.43. The van der Waals surface area contributed by atoms with E-state index >= 15 is 0 Å². The van der Waals surface area contributed by atoms with E-state index in [1.54, 1.807) is 12.3 Å². The molecule has 8 heteroatoms. The molecule has 3 rings (SSSR count). The van der Waals surface area contributed by atoms with Crippen LogP contribution in [0.1, 0.15) is 22.3 Å². The Kier molecular flexibility index (Phi) is 4.10. The number of amides is 1. The summed E-state index contributed by atoms with van der Waals surface area (Å²) in [5.41, 5.74) is 1.27. The number of rotatable bonds is 5. The molecule has 7 nitrogen and oxygen atoms in total. The van der Waals surface area contributed by atoms with Crippen molar-refractivity contribution in [1.82, 2.24) is 20.5 Å². The van der Waals surface area contributed by atoms with E-state index in [1.807, 2.05) is 30.3 Å². The van der Waals surface area contributed by atoms with Gasteiger partial charge in [-0.3, -0.25) is 4.79 Å². The predicted octanol–water partition coefficient (Wildman–Crippen LogP) is 2.51. The highest BCUT2D eigenvalue weighted by atomic mass is 32.1. The minimum absolute atomic E-state index is 0.179. The summed E-state index contributed by atoms with van der Waals surface area (Å²) in [7, 11) is 0. The number of thiazole rings is 1. The van der Waals surface area contributed by atoms with E-state index in [4.69, 9.17) is 4.42 Å². The van der Waals surface area contributed by atoms with Crippen molar-refractivity contribution in [3.63, 3.8) is 0 Å². The van der Waals surface area contributed by atoms with Gasteiger partial charge in [-0.25, -0.2) is 4.98 Å². The van der Waals surface area contributed by atoms with Crippen molar-refractivity contribution >= 4 is 28.1 Å². The molecule has 2 heterocycles. The van der Waals surface area contributed by atoms with Crippen LogP contribution in [0.5, 0.6) is 0 Å². The van der Waals surface area contributed by atoms with Crippen LogP contribution >= 0.6 is 11.3 Å². The first-order chi connectivity index (χ1) is 10.7. The molecule has 0 radical (unpaired) electrons. The van der Waals surface area contributed by atoms with Crippen LogP contribution in [0.15, 0.2) is 40.1 Å². The smallest absolute Gasteiger partial charge is 0.271 e. The van der Waals surface area contributed by atoms with Gasteiger partial charge in [0.15, 0.2) is 5.13 Å². The van der Waals surface area contributed by atoms with Gasteiger partial charge in [0.05, 0.1) is 6.54 Å². The van der Waals surface area contributed by atoms with Crippen molar-refractivity contribution in [1.29, 1.82) is 0 Å². The topological polar surface area (TPSA) is 92.9 Å². The van der Waals surface area contributed by atoms with Gasteiger partial charge in [0.25, 0.3) is 5.91 Å². The Morgan fingerprint density at radius 3 is 2.82 bits per heavy atom. The molecular formula is C14H13N5O2S. The van der Waals surface area contributed by atoms with Crippen LogP contribution in [0.25, 0.3) is 0 Å². The zero-order valence-corrected chi connectivity index (χ0v) is 12.6. The number of aryl methyl sites for hydroxylation is 1. The molecule has 0 aliphatic carbocycles.